The molecule has 1 aromatic rings. The SMILES string of the molecule is CN1CCCc2ccc(CCN=CC(=CN)CNCCC(=O)O)nc21. The maximum absolute atomic E-state index is 10.5. The molecule has 0 amide bonds. The Morgan fingerprint density at radius 2 is 2.36 bits per heavy atom. The third kappa shape index (κ3) is 6.19. The molecule has 0 fully saturated rings. The number of aryl methyl sites for hydroxylation is 1. The van der Waals surface area contributed by atoms with Crippen LogP contribution in [0.4, 0.5) is 5.82 Å². The zero-order valence-corrected chi connectivity index (χ0v) is 14.7. The molecule has 2 heterocycles. The zero-order chi connectivity index (χ0) is 18.1. The van der Waals surface area contributed by atoms with Gasteiger partial charge < -0.3 is 21.1 Å². The first-order valence-corrected chi connectivity index (χ1v) is 8.63. The highest BCUT2D eigenvalue weighted by atomic mass is 16.4. The Hall–Kier alpha value is -2.41. The molecule has 1 aromatic heterocycles. The van der Waals surface area contributed by atoms with E-state index < -0.39 is 5.97 Å². The van der Waals surface area contributed by atoms with Gasteiger partial charge in [0.2, 0.25) is 0 Å². The molecule has 0 saturated heterocycles. The Kier molecular flexibility index (Phi) is 7.40. The van der Waals surface area contributed by atoms with E-state index in [0.29, 0.717) is 19.6 Å². The van der Waals surface area contributed by atoms with Crippen molar-refractivity contribution in [3.63, 3.8) is 0 Å². The van der Waals surface area contributed by atoms with E-state index in [1.54, 1.807) is 6.21 Å². The van der Waals surface area contributed by atoms with E-state index in [-0.39, 0.29) is 6.42 Å². The number of carboxylic acids is 1. The van der Waals surface area contributed by atoms with Crippen molar-refractivity contribution in [1.29, 1.82) is 0 Å². The van der Waals surface area contributed by atoms with Crippen molar-refractivity contribution in [3.05, 3.63) is 35.2 Å². The average Bonchev–Trinajstić information content (AvgIpc) is 2.60. The van der Waals surface area contributed by atoms with Crippen LogP contribution in [0.5, 0.6) is 0 Å². The van der Waals surface area contributed by atoms with Crippen LogP contribution in [-0.2, 0) is 17.6 Å². The Morgan fingerprint density at radius 3 is 3.12 bits per heavy atom. The first-order valence-electron chi connectivity index (χ1n) is 8.63. The highest BCUT2D eigenvalue weighted by Gasteiger charge is 2.15. The van der Waals surface area contributed by atoms with Gasteiger partial charge >= 0.3 is 5.97 Å². The number of aliphatic imine (C=N–C) groups is 1. The van der Waals surface area contributed by atoms with E-state index in [1.165, 1.54) is 18.2 Å². The predicted octanol–water partition coefficient (Wildman–Crippen LogP) is 0.984. The minimum absolute atomic E-state index is 0.0907. The molecular weight excluding hydrogens is 318 g/mol. The molecule has 4 N–H and O–H groups in total. The standard InChI is InChI=1S/C18H27N5O2/c1-23-10-2-3-15-4-5-16(22-18(15)23)6-8-20-12-14(11-19)13-21-9-7-17(24)25/h4-5,11-12,21H,2-3,6-10,13,19H2,1H3,(H,24,25). The van der Waals surface area contributed by atoms with Crippen molar-refractivity contribution in [2.24, 2.45) is 10.7 Å². The lowest BCUT2D eigenvalue weighted by Gasteiger charge is -2.26. The molecule has 0 saturated carbocycles. The highest BCUT2D eigenvalue weighted by Crippen LogP contribution is 2.23. The van der Waals surface area contributed by atoms with Crippen molar-refractivity contribution < 1.29 is 9.90 Å². The molecule has 0 aliphatic carbocycles. The Morgan fingerprint density at radius 1 is 1.52 bits per heavy atom. The molecule has 0 spiro atoms. The van der Waals surface area contributed by atoms with Crippen molar-refractivity contribution in [3.8, 4) is 0 Å². The van der Waals surface area contributed by atoms with Gasteiger partial charge in [0.15, 0.2) is 0 Å². The van der Waals surface area contributed by atoms with E-state index in [0.717, 1.165) is 36.5 Å². The fourth-order valence-corrected chi connectivity index (χ4v) is 2.73. The molecule has 136 valence electrons. The number of pyridine rings is 1. The number of nitrogens with one attached hydrogen (secondary N) is 1. The summed E-state index contributed by atoms with van der Waals surface area (Å²) in [5.41, 5.74) is 8.77. The minimum Gasteiger partial charge on any atom is -0.481 e. The number of aliphatic carboxylic acids is 1. The van der Waals surface area contributed by atoms with E-state index in [9.17, 15) is 4.79 Å². The summed E-state index contributed by atoms with van der Waals surface area (Å²) in [5, 5.41) is 11.6. The molecule has 7 heteroatoms. The number of nitrogens with zero attached hydrogens (tertiary/aromatic N) is 3. The van der Waals surface area contributed by atoms with Crippen LogP contribution in [-0.4, -0.2) is 55.5 Å². The molecule has 7 nitrogen and oxygen atoms in total. The predicted molar refractivity (Wildman–Crippen MR) is 100 cm³/mol. The van der Waals surface area contributed by atoms with Gasteiger partial charge in [0.05, 0.1) is 6.42 Å². The Labute approximate surface area is 148 Å². The maximum atomic E-state index is 10.5. The number of anilines is 1. The lowest BCUT2D eigenvalue weighted by molar-refractivity contribution is -0.136. The van der Waals surface area contributed by atoms with Crippen molar-refractivity contribution in [2.75, 3.05) is 38.1 Å². The van der Waals surface area contributed by atoms with Crippen LogP contribution in [0.3, 0.4) is 0 Å². The van der Waals surface area contributed by atoms with Crippen LogP contribution >= 0.6 is 0 Å². The lowest BCUT2D eigenvalue weighted by atomic mass is 10.1. The number of nitrogens with two attached hydrogens (primary N) is 1. The summed E-state index contributed by atoms with van der Waals surface area (Å²) in [5.74, 6) is 0.278. The maximum Gasteiger partial charge on any atom is 0.304 e. The lowest BCUT2D eigenvalue weighted by Crippen LogP contribution is -2.26. The molecule has 0 unspecified atom stereocenters. The van der Waals surface area contributed by atoms with Crippen LogP contribution in [0.1, 0.15) is 24.1 Å². The molecule has 2 rings (SSSR count). The molecule has 1 aliphatic rings. The zero-order valence-electron chi connectivity index (χ0n) is 14.7. The molecule has 0 atom stereocenters. The van der Waals surface area contributed by atoms with Gasteiger partial charge in [0.25, 0.3) is 0 Å². The van der Waals surface area contributed by atoms with Crippen LogP contribution in [0.2, 0.25) is 0 Å². The van der Waals surface area contributed by atoms with E-state index in [4.69, 9.17) is 15.8 Å². The smallest absolute Gasteiger partial charge is 0.304 e. The summed E-state index contributed by atoms with van der Waals surface area (Å²) in [6.07, 6.45) is 6.38. The second-order valence-corrected chi connectivity index (χ2v) is 6.16. The summed E-state index contributed by atoms with van der Waals surface area (Å²) in [6.45, 7) is 2.62. The monoisotopic (exact) mass is 345 g/mol. The summed E-state index contributed by atoms with van der Waals surface area (Å²) in [7, 11) is 2.09. The van der Waals surface area contributed by atoms with Gasteiger partial charge in [0.1, 0.15) is 5.82 Å². The normalized spacial score (nSPS) is 14.8. The van der Waals surface area contributed by atoms with Gasteiger partial charge in [-0.1, -0.05) is 6.07 Å². The number of aromatic nitrogens is 1. The van der Waals surface area contributed by atoms with Crippen molar-refractivity contribution in [1.82, 2.24) is 10.3 Å². The number of rotatable bonds is 9. The second kappa shape index (κ2) is 9.78. The fraction of sp³-hybridized carbons (Fsp3) is 0.500. The van der Waals surface area contributed by atoms with Gasteiger partial charge in [0, 0.05) is 51.6 Å². The van der Waals surface area contributed by atoms with Gasteiger partial charge in [-0.25, -0.2) is 4.98 Å². The summed E-state index contributed by atoms with van der Waals surface area (Å²) in [6, 6.07) is 4.26. The Bertz CT molecular complexity index is 642. The van der Waals surface area contributed by atoms with Crippen LogP contribution < -0.4 is 16.0 Å². The van der Waals surface area contributed by atoms with E-state index in [1.807, 2.05) is 0 Å². The van der Waals surface area contributed by atoms with Crippen molar-refractivity contribution >= 4 is 18.0 Å². The van der Waals surface area contributed by atoms with Crippen LogP contribution in [0.25, 0.3) is 0 Å². The second-order valence-electron chi connectivity index (χ2n) is 6.16. The first kappa shape index (κ1) is 18.9. The highest BCUT2D eigenvalue weighted by molar-refractivity contribution is 5.78. The largest absolute Gasteiger partial charge is 0.481 e. The van der Waals surface area contributed by atoms with Gasteiger partial charge in [-0.2, -0.15) is 0 Å². The third-order valence-corrected chi connectivity index (χ3v) is 4.13. The quantitative estimate of drug-likeness (QED) is 0.455. The van der Waals surface area contributed by atoms with E-state index >= 15 is 0 Å². The average molecular weight is 345 g/mol. The van der Waals surface area contributed by atoms with Gasteiger partial charge in [-0.15, -0.1) is 0 Å². The van der Waals surface area contributed by atoms with Gasteiger partial charge in [-0.3, -0.25) is 9.79 Å². The van der Waals surface area contributed by atoms with Gasteiger partial charge in [-0.05, 0) is 36.2 Å². The molecule has 1 aliphatic heterocycles. The summed E-state index contributed by atoms with van der Waals surface area (Å²) < 4.78 is 0. The molecule has 0 bridgehead atoms. The molecule has 0 radical (unpaired) electrons. The number of fused-ring (bicyclic) bond motifs is 1. The summed E-state index contributed by atoms with van der Waals surface area (Å²) in [4.78, 5) is 21.8. The van der Waals surface area contributed by atoms with Crippen LogP contribution in [0.15, 0.2) is 28.9 Å². The summed E-state index contributed by atoms with van der Waals surface area (Å²) >= 11 is 0. The first-order chi connectivity index (χ1) is 12.1. The Balaban J connectivity index is 1.78. The number of hydrogen-bond acceptors (Lipinski definition) is 6. The molecular formula is C18H27N5O2. The number of carbonyl (C=O) groups is 1. The van der Waals surface area contributed by atoms with Crippen molar-refractivity contribution in [2.45, 2.75) is 25.7 Å². The molecule has 0 aromatic carbocycles. The fourth-order valence-electron chi connectivity index (χ4n) is 2.73. The number of hydrogen-bond donors (Lipinski definition) is 3. The topological polar surface area (TPSA) is 104 Å². The number of carboxylic acid groups (broad SMARTS) is 1. The third-order valence-electron chi connectivity index (χ3n) is 4.13. The minimum atomic E-state index is -0.817. The molecule has 25 heavy (non-hydrogen) atoms. The van der Waals surface area contributed by atoms with Crippen LogP contribution in [0, 0.1) is 0 Å². The van der Waals surface area contributed by atoms with E-state index in [2.05, 4.69) is 34.4 Å².